The highest BCUT2D eigenvalue weighted by atomic mass is 16.1. The summed E-state index contributed by atoms with van der Waals surface area (Å²) < 4.78 is 3.48. The minimum absolute atomic E-state index is 0.231. The maximum atomic E-state index is 13.5. The molecule has 7 nitrogen and oxygen atoms in total. The predicted molar refractivity (Wildman–Crippen MR) is 144 cm³/mol. The number of hydrogen-bond donors (Lipinski definition) is 0. The number of para-hydroxylation sites is 1. The van der Waals surface area contributed by atoms with Gasteiger partial charge in [-0.1, -0.05) is 43.3 Å². The van der Waals surface area contributed by atoms with E-state index in [0.717, 1.165) is 47.6 Å². The van der Waals surface area contributed by atoms with E-state index >= 15 is 0 Å². The monoisotopic (exact) mass is 476 g/mol. The normalized spacial score (nSPS) is 14.5. The molecule has 0 saturated carbocycles. The molecule has 0 aromatic heterocycles. The number of nitrogens with zero attached hydrogens (tertiary/aromatic N) is 6. The van der Waals surface area contributed by atoms with Crippen LogP contribution in [0.1, 0.15) is 44.2 Å². The largest absolute Gasteiger partial charge is 0.342 e. The molecule has 0 radical (unpaired) electrons. The predicted octanol–water partition coefficient (Wildman–Crippen LogP) is 3.64. The van der Waals surface area contributed by atoms with Gasteiger partial charge in [-0.2, -0.15) is 20.1 Å². The van der Waals surface area contributed by atoms with E-state index < -0.39 is 0 Å². The number of hydrogen-bond acceptors (Lipinski definition) is 5. The average molecular weight is 477 g/mol. The Kier molecular flexibility index (Phi) is 6.50. The highest BCUT2D eigenvalue weighted by Gasteiger charge is 2.20. The summed E-state index contributed by atoms with van der Waals surface area (Å²) >= 11 is 0. The van der Waals surface area contributed by atoms with Gasteiger partial charge in [-0.3, -0.25) is 9.80 Å². The van der Waals surface area contributed by atoms with Crippen molar-refractivity contribution in [1.82, 2.24) is 14.3 Å². The van der Waals surface area contributed by atoms with Crippen LogP contribution in [0.4, 0.5) is 5.69 Å². The van der Waals surface area contributed by atoms with E-state index in [1.54, 1.807) is 18.2 Å². The van der Waals surface area contributed by atoms with Crippen LogP contribution in [-0.4, -0.2) is 27.1 Å². The van der Waals surface area contributed by atoms with Crippen LogP contribution < -0.4 is 21.1 Å². The highest BCUT2D eigenvalue weighted by Crippen LogP contribution is 2.20. The molecule has 0 unspecified atom stereocenters. The molecule has 0 N–H and O–H groups in total. The van der Waals surface area contributed by atoms with Gasteiger partial charge in [-0.05, 0) is 56.0 Å². The van der Waals surface area contributed by atoms with Crippen molar-refractivity contribution in [3.05, 3.63) is 86.8 Å². The number of rotatable bonds is 5. The fourth-order valence-electron chi connectivity index (χ4n) is 4.70. The summed E-state index contributed by atoms with van der Waals surface area (Å²) in [6.45, 7) is 5.61. The van der Waals surface area contributed by atoms with E-state index in [2.05, 4.69) is 58.1 Å². The lowest BCUT2D eigenvalue weighted by Gasteiger charge is -2.22. The molecule has 0 atom stereocenters. The van der Waals surface area contributed by atoms with Crippen molar-refractivity contribution in [2.24, 2.45) is 5.10 Å². The molecule has 36 heavy (non-hydrogen) atoms. The molecule has 2 aromatic carbocycles. The smallest absolute Gasteiger partial charge is 0.282 e. The summed E-state index contributed by atoms with van der Waals surface area (Å²) in [5.41, 5.74) is 4.06. The van der Waals surface area contributed by atoms with Crippen LogP contribution >= 0.6 is 0 Å². The maximum absolute atomic E-state index is 13.5. The van der Waals surface area contributed by atoms with E-state index in [-0.39, 0.29) is 5.56 Å². The molecule has 3 aliphatic rings. The third kappa shape index (κ3) is 4.22. The molecule has 0 spiro atoms. The van der Waals surface area contributed by atoms with Crippen molar-refractivity contribution in [2.45, 2.75) is 39.7 Å². The molecule has 7 heteroatoms. The second-order valence-corrected chi connectivity index (χ2v) is 8.80. The molecule has 0 saturated heterocycles. The van der Waals surface area contributed by atoms with Crippen molar-refractivity contribution >= 4 is 24.1 Å². The lowest BCUT2D eigenvalue weighted by atomic mass is 10.1. The zero-order valence-electron chi connectivity index (χ0n) is 20.6. The molecule has 5 rings (SSSR count). The van der Waals surface area contributed by atoms with Crippen LogP contribution in [-0.2, 0) is 6.54 Å². The number of benzene rings is 2. The number of nitriles is 1. The third-order valence-electron chi connectivity index (χ3n) is 6.45. The molecule has 0 amide bonds. The zero-order valence-corrected chi connectivity index (χ0v) is 20.6. The first-order valence-electron chi connectivity index (χ1n) is 12.3. The van der Waals surface area contributed by atoms with Gasteiger partial charge in [0.2, 0.25) is 0 Å². The van der Waals surface area contributed by atoms with Gasteiger partial charge < -0.3 is 4.57 Å². The Bertz CT molecular complexity index is 1620. The molecule has 0 aliphatic carbocycles. The van der Waals surface area contributed by atoms with Crippen LogP contribution in [0.15, 0.2) is 64.6 Å². The minimum Gasteiger partial charge on any atom is -0.342 e. The molecule has 180 valence electrons. The molecule has 3 heterocycles. The summed E-state index contributed by atoms with van der Waals surface area (Å²) in [7, 11) is 0. The standard InChI is InChI=1S/C29H28N6O/c1-3-9-27-24(4-2)28-25(29(36)35(32-28)26-11-6-5-10-22(26)18-30)20-33(27)19-21-12-14-23(15-13-21)34-17-8-7-16-31-34/h4-6,9-16,20H,3,7-8,17,19H2,1-2H3/b24-4+,27-9+. The SMILES string of the molecule is C/C=c1/c2nn(-c3ccccc3C#N)c(=O)c-2cn(Cc2ccc(N3CCCC=N3)cc2)/c1=C/CC. The summed E-state index contributed by atoms with van der Waals surface area (Å²) in [5, 5.41) is 22.7. The van der Waals surface area contributed by atoms with Crippen LogP contribution in [0.5, 0.6) is 0 Å². The first-order chi connectivity index (χ1) is 17.6. The van der Waals surface area contributed by atoms with Crippen molar-refractivity contribution in [1.29, 1.82) is 5.26 Å². The van der Waals surface area contributed by atoms with Crippen LogP contribution in [0, 0.1) is 11.3 Å². The molecular weight excluding hydrogens is 448 g/mol. The van der Waals surface area contributed by atoms with Gasteiger partial charge in [0.15, 0.2) is 0 Å². The second kappa shape index (κ2) is 10.0. The fourth-order valence-corrected chi connectivity index (χ4v) is 4.70. The van der Waals surface area contributed by atoms with Crippen molar-refractivity contribution in [2.75, 3.05) is 11.6 Å². The number of hydrazone groups is 1. The van der Waals surface area contributed by atoms with E-state index in [1.807, 2.05) is 36.5 Å². The third-order valence-corrected chi connectivity index (χ3v) is 6.45. The van der Waals surface area contributed by atoms with E-state index in [9.17, 15) is 10.1 Å². The lowest BCUT2D eigenvalue weighted by Crippen LogP contribution is -2.38. The van der Waals surface area contributed by atoms with Gasteiger partial charge in [0.1, 0.15) is 11.8 Å². The quantitative estimate of drug-likeness (QED) is 0.441. The summed E-state index contributed by atoms with van der Waals surface area (Å²) in [6, 6.07) is 17.6. The van der Waals surface area contributed by atoms with Gasteiger partial charge in [0, 0.05) is 36.1 Å². The van der Waals surface area contributed by atoms with E-state index in [0.29, 0.717) is 29.1 Å². The number of anilines is 1. The Morgan fingerprint density at radius 2 is 1.94 bits per heavy atom. The molecule has 0 bridgehead atoms. The Morgan fingerprint density at radius 3 is 2.64 bits per heavy atom. The average Bonchev–Trinajstić information content (AvgIpc) is 3.25. The summed E-state index contributed by atoms with van der Waals surface area (Å²) in [5.74, 6) is 0. The Balaban J connectivity index is 1.63. The van der Waals surface area contributed by atoms with Gasteiger partial charge >= 0.3 is 0 Å². The second-order valence-electron chi connectivity index (χ2n) is 8.80. The number of fused-ring (bicyclic) bond motifs is 1. The topological polar surface area (TPSA) is 79.2 Å². The fraction of sp³-hybridized carbons (Fsp3) is 0.241. The number of aromatic nitrogens is 3. The Morgan fingerprint density at radius 1 is 1.14 bits per heavy atom. The molecular formula is C29H28N6O. The van der Waals surface area contributed by atoms with Crippen molar-refractivity contribution in [3.63, 3.8) is 0 Å². The van der Waals surface area contributed by atoms with Gasteiger partial charge in [0.25, 0.3) is 5.56 Å². The first-order valence-corrected chi connectivity index (χ1v) is 12.3. The highest BCUT2D eigenvalue weighted by molar-refractivity contribution is 5.64. The minimum atomic E-state index is -0.231. The van der Waals surface area contributed by atoms with Crippen molar-refractivity contribution in [3.8, 4) is 23.0 Å². The van der Waals surface area contributed by atoms with Crippen LogP contribution in [0.2, 0.25) is 0 Å². The Labute approximate surface area is 209 Å². The molecule has 3 aliphatic heterocycles. The van der Waals surface area contributed by atoms with Crippen LogP contribution in [0.25, 0.3) is 29.1 Å². The van der Waals surface area contributed by atoms with Gasteiger partial charge in [0.05, 0.1) is 22.5 Å². The van der Waals surface area contributed by atoms with E-state index in [4.69, 9.17) is 0 Å². The van der Waals surface area contributed by atoms with Gasteiger partial charge in [-0.15, -0.1) is 0 Å². The molecule has 0 fully saturated rings. The zero-order chi connectivity index (χ0) is 25.1. The Hall–Kier alpha value is -4.44. The number of pyridine rings is 1. The summed E-state index contributed by atoms with van der Waals surface area (Å²) in [6.07, 6.45) is 11.0. The van der Waals surface area contributed by atoms with E-state index in [1.165, 1.54) is 4.68 Å². The first kappa shape index (κ1) is 23.3. The molecule has 2 aromatic rings. The lowest BCUT2D eigenvalue weighted by molar-refractivity contribution is 0.746. The van der Waals surface area contributed by atoms with Crippen molar-refractivity contribution < 1.29 is 0 Å². The van der Waals surface area contributed by atoms with Crippen LogP contribution in [0.3, 0.4) is 0 Å². The summed E-state index contributed by atoms with van der Waals surface area (Å²) in [4.78, 5) is 13.5. The van der Waals surface area contributed by atoms with Gasteiger partial charge in [-0.25, -0.2) is 0 Å². The maximum Gasteiger partial charge on any atom is 0.282 e.